The lowest BCUT2D eigenvalue weighted by molar-refractivity contribution is 0.449. The Kier molecular flexibility index (Phi) is 3.54. The van der Waals surface area contributed by atoms with E-state index in [-0.39, 0.29) is 18.0 Å². The number of phenols is 2. The molecule has 0 saturated heterocycles. The highest BCUT2D eigenvalue weighted by Gasteiger charge is 2.02. The molecular weight excluding hydrogens is 218 g/mol. The van der Waals surface area contributed by atoms with Crippen LogP contribution in [0.5, 0.6) is 11.5 Å². The lowest BCUT2D eigenvalue weighted by Gasteiger charge is -2.04. The molecule has 0 heterocycles. The van der Waals surface area contributed by atoms with Crippen LogP contribution in [-0.4, -0.2) is 31.4 Å². The predicted octanol–water partition coefficient (Wildman–Crippen LogP) is 0.190. The molecule has 0 aromatic heterocycles. The summed E-state index contributed by atoms with van der Waals surface area (Å²) in [4.78, 5) is 0. The fourth-order valence-corrected chi connectivity index (χ4v) is 1.65. The molecule has 0 amide bonds. The smallest absolute Gasteiger partial charge is 0.208 e. The van der Waals surface area contributed by atoms with Gasteiger partial charge in [0.05, 0.1) is 6.26 Å². The maximum absolute atomic E-state index is 10.7. The molecule has 0 aliphatic rings. The molecule has 0 fully saturated rings. The second-order valence-electron chi connectivity index (χ2n) is 3.27. The van der Waals surface area contributed by atoms with Gasteiger partial charge in [-0.25, -0.2) is 13.1 Å². The lowest BCUT2D eigenvalue weighted by Crippen LogP contribution is -2.24. The minimum absolute atomic E-state index is 0.0376. The molecule has 15 heavy (non-hydrogen) atoms. The Morgan fingerprint density at radius 2 is 1.73 bits per heavy atom. The number of sulfonamides is 1. The molecule has 6 heteroatoms. The zero-order valence-electron chi connectivity index (χ0n) is 8.27. The summed E-state index contributed by atoms with van der Waals surface area (Å²) in [5.74, 6) is -0.0753. The van der Waals surface area contributed by atoms with Crippen LogP contribution in [0, 0.1) is 0 Å². The number of nitrogens with one attached hydrogen (secondary N) is 1. The van der Waals surface area contributed by atoms with Gasteiger partial charge >= 0.3 is 0 Å². The van der Waals surface area contributed by atoms with Crippen molar-refractivity contribution in [2.45, 2.75) is 6.42 Å². The summed E-state index contributed by atoms with van der Waals surface area (Å²) in [6, 6.07) is 4.17. The predicted molar refractivity (Wildman–Crippen MR) is 56.3 cm³/mol. The molecule has 0 radical (unpaired) electrons. The van der Waals surface area contributed by atoms with Crippen LogP contribution >= 0.6 is 0 Å². The van der Waals surface area contributed by atoms with Gasteiger partial charge in [0.1, 0.15) is 11.5 Å². The Labute approximate surface area is 88.4 Å². The van der Waals surface area contributed by atoms with E-state index < -0.39 is 10.0 Å². The standard InChI is InChI=1S/C9H13NO4S/c1-15(13,14)10-3-2-7-4-8(11)6-9(12)5-7/h4-6,10-12H,2-3H2,1H3. The van der Waals surface area contributed by atoms with Crippen LogP contribution in [0.15, 0.2) is 18.2 Å². The van der Waals surface area contributed by atoms with Gasteiger partial charge in [-0.05, 0) is 24.1 Å². The quantitative estimate of drug-likeness (QED) is 0.690. The molecule has 0 atom stereocenters. The van der Waals surface area contributed by atoms with Gasteiger partial charge in [0, 0.05) is 12.6 Å². The van der Waals surface area contributed by atoms with Crippen molar-refractivity contribution in [3.05, 3.63) is 23.8 Å². The average molecular weight is 231 g/mol. The molecule has 0 unspecified atom stereocenters. The highest BCUT2D eigenvalue weighted by Crippen LogP contribution is 2.20. The van der Waals surface area contributed by atoms with E-state index in [1.54, 1.807) is 0 Å². The molecule has 0 aliphatic carbocycles. The molecule has 84 valence electrons. The summed E-state index contributed by atoms with van der Waals surface area (Å²) in [6.07, 6.45) is 1.49. The zero-order chi connectivity index (χ0) is 11.5. The first kappa shape index (κ1) is 11.8. The Hall–Kier alpha value is -1.27. The third-order valence-corrected chi connectivity index (χ3v) is 2.47. The molecule has 3 N–H and O–H groups in total. The summed E-state index contributed by atoms with van der Waals surface area (Å²) in [7, 11) is -3.19. The van der Waals surface area contributed by atoms with Crippen LogP contribution in [-0.2, 0) is 16.4 Å². The van der Waals surface area contributed by atoms with E-state index in [1.165, 1.54) is 18.2 Å². The van der Waals surface area contributed by atoms with Crippen LogP contribution < -0.4 is 4.72 Å². The minimum Gasteiger partial charge on any atom is -0.508 e. The SMILES string of the molecule is CS(=O)(=O)NCCc1cc(O)cc(O)c1. The fourth-order valence-electron chi connectivity index (χ4n) is 1.18. The highest BCUT2D eigenvalue weighted by atomic mass is 32.2. The zero-order valence-corrected chi connectivity index (χ0v) is 9.08. The molecule has 1 aromatic rings. The van der Waals surface area contributed by atoms with Crippen molar-refractivity contribution in [2.24, 2.45) is 0 Å². The normalized spacial score (nSPS) is 11.5. The Balaban J connectivity index is 2.58. The minimum atomic E-state index is -3.19. The first-order valence-corrected chi connectivity index (χ1v) is 6.22. The van der Waals surface area contributed by atoms with Crippen molar-refractivity contribution < 1.29 is 18.6 Å². The van der Waals surface area contributed by atoms with Gasteiger partial charge in [-0.1, -0.05) is 0 Å². The molecule has 5 nitrogen and oxygen atoms in total. The largest absolute Gasteiger partial charge is 0.508 e. The van der Waals surface area contributed by atoms with Crippen molar-refractivity contribution in [1.29, 1.82) is 0 Å². The molecular formula is C9H13NO4S. The van der Waals surface area contributed by atoms with E-state index in [4.69, 9.17) is 10.2 Å². The summed E-state index contributed by atoms with van der Waals surface area (Å²) < 4.78 is 23.8. The van der Waals surface area contributed by atoms with E-state index >= 15 is 0 Å². The van der Waals surface area contributed by atoms with Crippen LogP contribution in [0.2, 0.25) is 0 Å². The van der Waals surface area contributed by atoms with Gasteiger partial charge in [-0.15, -0.1) is 0 Å². The number of hydrogen-bond acceptors (Lipinski definition) is 4. The summed E-state index contributed by atoms with van der Waals surface area (Å²) >= 11 is 0. The second kappa shape index (κ2) is 4.50. The molecule has 0 spiro atoms. The van der Waals surface area contributed by atoms with Gasteiger partial charge in [-0.2, -0.15) is 0 Å². The second-order valence-corrected chi connectivity index (χ2v) is 5.11. The van der Waals surface area contributed by atoms with Crippen LogP contribution in [0.4, 0.5) is 0 Å². The van der Waals surface area contributed by atoms with E-state index in [0.29, 0.717) is 12.0 Å². The molecule has 1 aromatic carbocycles. The van der Waals surface area contributed by atoms with Crippen LogP contribution in [0.1, 0.15) is 5.56 Å². The number of aromatic hydroxyl groups is 2. The van der Waals surface area contributed by atoms with Gasteiger partial charge in [-0.3, -0.25) is 0 Å². The monoisotopic (exact) mass is 231 g/mol. The van der Waals surface area contributed by atoms with E-state index in [2.05, 4.69) is 4.72 Å². The third-order valence-electron chi connectivity index (χ3n) is 1.74. The molecule has 0 bridgehead atoms. The van der Waals surface area contributed by atoms with E-state index in [9.17, 15) is 8.42 Å². The number of rotatable bonds is 4. The topological polar surface area (TPSA) is 86.6 Å². The van der Waals surface area contributed by atoms with Gasteiger partial charge < -0.3 is 10.2 Å². The first-order valence-electron chi connectivity index (χ1n) is 4.33. The average Bonchev–Trinajstić information content (AvgIpc) is 1.99. The van der Waals surface area contributed by atoms with Crippen molar-refractivity contribution in [1.82, 2.24) is 4.72 Å². The van der Waals surface area contributed by atoms with Crippen molar-refractivity contribution in [2.75, 3.05) is 12.8 Å². The van der Waals surface area contributed by atoms with Gasteiger partial charge in [0.2, 0.25) is 10.0 Å². The number of phenolic OH excluding ortho intramolecular Hbond substituents is 2. The third kappa shape index (κ3) is 4.66. The maximum atomic E-state index is 10.7. The van der Waals surface area contributed by atoms with E-state index in [0.717, 1.165) is 6.26 Å². The lowest BCUT2D eigenvalue weighted by atomic mass is 10.1. The highest BCUT2D eigenvalue weighted by molar-refractivity contribution is 7.88. The van der Waals surface area contributed by atoms with Crippen molar-refractivity contribution >= 4 is 10.0 Å². The van der Waals surface area contributed by atoms with Crippen LogP contribution in [0.3, 0.4) is 0 Å². The Morgan fingerprint density at radius 1 is 1.20 bits per heavy atom. The Morgan fingerprint density at radius 3 is 2.20 bits per heavy atom. The Bertz CT molecular complexity index is 421. The van der Waals surface area contributed by atoms with E-state index in [1.807, 2.05) is 0 Å². The van der Waals surface area contributed by atoms with Gasteiger partial charge in [0.25, 0.3) is 0 Å². The van der Waals surface area contributed by atoms with Crippen molar-refractivity contribution in [3.63, 3.8) is 0 Å². The maximum Gasteiger partial charge on any atom is 0.208 e. The summed E-state index contributed by atoms with van der Waals surface area (Å²) in [5, 5.41) is 18.3. The number of benzene rings is 1. The summed E-state index contributed by atoms with van der Waals surface area (Å²) in [6.45, 7) is 0.238. The van der Waals surface area contributed by atoms with Gasteiger partial charge in [0.15, 0.2) is 0 Å². The summed E-state index contributed by atoms with van der Waals surface area (Å²) in [5.41, 5.74) is 0.670. The van der Waals surface area contributed by atoms with Crippen LogP contribution in [0.25, 0.3) is 0 Å². The molecule has 0 aliphatic heterocycles. The first-order chi connectivity index (χ1) is 6.87. The molecule has 0 saturated carbocycles. The number of hydrogen-bond donors (Lipinski definition) is 3. The van der Waals surface area contributed by atoms with Crippen molar-refractivity contribution in [3.8, 4) is 11.5 Å². The molecule has 1 rings (SSSR count). The fraction of sp³-hybridized carbons (Fsp3) is 0.333.